The van der Waals surface area contributed by atoms with E-state index in [0.717, 1.165) is 178 Å². The van der Waals surface area contributed by atoms with Gasteiger partial charge < -0.3 is 93.8 Å². The van der Waals surface area contributed by atoms with Gasteiger partial charge in [0.15, 0.2) is 130 Å². The van der Waals surface area contributed by atoms with E-state index < -0.39 is 167 Å². The van der Waals surface area contributed by atoms with Crippen molar-refractivity contribution in [3.05, 3.63) is 282 Å². The van der Waals surface area contributed by atoms with Gasteiger partial charge in [-0.25, -0.2) is 38.4 Å². The van der Waals surface area contributed by atoms with Crippen molar-refractivity contribution in [3.8, 4) is 0 Å². The molecule has 0 aromatic carbocycles. The molecule has 0 amide bonds. The SMILES string of the molecule is O=C(OC[C@H]1O[C@@H](O[C@H]2[C@H](OC(=O)c3ccc[n+]([O-])c3)[C@@H](OC(=O)c3ccc[n+]([O-])c3)[C@H](OC(=O)c3ccc[n+]([O-])c3)O[C@@H]2COC(=O)c2ccc[n+]([O-])c2)[C@H](OC(=O)c2ccc[n+]([O-])c2)[C@@H](OC(=O)c2ccc[n+]([O-])c2)[C@@H]1OC(=O)c1ccc[n+]([O-])c1)c1ccc[n+]([O-])c1. The summed E-state index contributed by atoms with van der Waals surface area (Å²) in [5, 5.41) is 101. The van der Waals surface area contributed by atoms with Gasteiger partial charge in [0.25, 0.3) is 0 Å². The lowest BCUT2D eigenvalue weighted by Gasteiger charge is -2.48. The van der Waals surface area contributed by atoms with Crippen molar-refractivity contribution >= 4 is 47.8 Å². The first-order valence-corrected chi connectivity index (χ1v) is 27.7. The van der Waals surface area contributed by atoms with Gasteiger partial charge in [-0.3, -0.25) is 0 Å². The van der Waals surface area contributed by atoms with Crippen molar-refractivity contribution in [3.63, 3.8) is 0 Å². The lowest BCUT2D eigenvalue weighted by Crippen LogP contribution is -2.67. The normalized spacial score (nSPS) is 20.5. The van der Waals surface area contributed by atoms with Gasteiger partial charge >= 0.3 is 47.8 Å². The van der Waals surface area contributed by atoms with Crippen molar-refractivity contribution in [2.75, 3.05) is 13.2 Å². The highest BCUT2D eigenvalue weighted by Crippen LogP contribution is 2.37. The minimum absolute atomic E-state index is 0.162. The highest BCUT2D eigenvalue weighted by Gasteiger charge is 2.59. The molecule has 35 nitrogen and oxygen atoms in total. The number of hydrogen-bond acceptors (Lipinski definition) is 27. The van der Waals surface area contributed by atoms with Gasteiger partial charge in [-0.2, -0.15) is 37.8 Å². The summed E-state index contributed by atoms with van der Waals surface area (Å²) in [6.07, 6.45) is -10.2. The predicted octanol–water partition coefficient (Wildman–Crippen LogP) is -1.41. The molecule has 2 aliphatic heterocycles. The third kappa shape index (κ3) is 16.2. The second-order valence-corrected chi connectivity index (χ2v) is 20.3. The van der Waals surface area contributed by atoms with Gasteiger partial charge in [-0.05, 0) is 48.5 Å². The third-order valence-electron chi connectivity index (χ3n) is 13.8. The Morgan fingerprint density at radius 2 is 0.505 bits per heavy atom. The summed E-state index contributed by atoms with van der Waals surface area (Å²) in [6.45, 7) is -2.37. The van der Waals surface area contributed by atoms with Crippen LogP contribution in [0.25, 0.3) is 0 Å². The molecule has 8 aromatic heterocycles. The van der Waals surface area contributed by atoms with Crippen LogP contribution < -0.4 is 37.8 Å². The summed E-state index contributed by atoms with van der Waals surface area (Å²) in [5.74, 6) is -11.4. The van der Waals surface area contributed by atoms with Crippen molar-refractivity contribution in [2.45, 2.75) is 61.4 Å². The molecule has 2 saturated heterocycles. The molecule has 0 bridgehead atoms. The summed E-state index contributed by atoms with van der Waals surface area (Å²) in [5.41, 5.74) is -4.03. The number of pyridine rings is 8. The zero-order valence-electron chi connectivity index (χ0n) is 48.3. The van der Waals surface area contributed by atoms with E-state index in [0.29, 0.717) is 12.4 Å². The van der Waals surface area contributed by atoms with Crippen molar-refractivity contribution in [2.24, 2.45) is 0 Å². The fourth-order valence-electron chi connectivity index (χ4n) is 9.43. The minimum Gasteiger partial charge on any atom is -0.619 e. The molecular formula is C60H46N8O27. The Hall–Kier alpha value is -12.8. The van der Waals surface area contributed by atoms with E-state index in [1.54, 1.807) is 0 Å². The van der Waals surface area contributed by atoms with Crippen molar-refractivity contribution < 1.29 is 128 Å². The number of esters is 8. The molecule has 0 radical (unpaired) electrons. The lowest BCUT2D eigenvalue weighted by atomic mass is 9.95. The first-order valence-electron chi connectivity index (χ1n) is 27.7. The summed E-state index contributed by atoms with van der Waals surface area (Å²) in [7, 11) is 0. The van der Waals surface area contributed by atoms with Gasteiger partial charge in [0, 0.05) is 48.5 Å². The Morgan fingerprint density at radius 1 is 0.284 bits per heavy atom. The topological polar surface area (TPSA) is 454 Å². The van der Waals surface area contributed by atoms with E-state index in [-0.39, 0.29) is 37.8 Å². The van der Waals surface area contributed by atoms with Gasteiger partial charge in [0.05, 0.1) is 0 Å². The highest BCUT2D eigenvalue weighted by atomic mass is 16.8. The first-order chi connectivity index (χ1) is 45.6. The molecule has 35 heteroatoms. The number of ether oxygens (including phenoxy) is 11. The summed E-state index contributed by atoms with van der Waals surface area (Å²) < 4.78 is 68.3. The van der Waals surface area contributed by atoms with Gasteiger partial charge in [-0.1, -0.05) is 0 Å². The first kappa shape index (κ1) is 65.2. The molecule has 10 rings (SSSR count). The van der Waals surface area contributed by atoms with Crippen LogP contribution in [0.3, 0.4) is 0 Å². The average molecular weight is 1310 g/mol. The van der Waals surface area contributed by atoms with Gasteiger partial charge in [0.2, 0.25) is 12.4 Å². The average Bonchev–Trinajstić information content (AvgIpc) is 0.764. The van der Waals surface area contributed by atoms with Crippen LogP contribution in [-0.2, 0) is 52.1 Å². The number of hydrogen-bond donors (Lipinski definition) is 0. The number of aromatic nitrogens is 8. The smallest absolute Gasteiger partial charge is 0.346 e. The molecule has 0 saturated carbocycles. The number of carbonyl (C=O) groups is 8. The summed E-state index contributed by atoms with van der Waals surface area (Å²) in [6, 6.07) is 17.8. The molecule has 0 N–H and O–H groups in total. The Labute approximate surface area is 531 Å². The molecule has 10 heterocycles. The van der Waals surface area contributed by atoms with E-state index in [9.17, 15) is 80.0 Å². The largest absolute Gasteiger partial charge is 0.619 e. The fourth-order valence-corrected chi connectivity index (χ4v) is 9.43. The maximum absolute atomic E-state index is 14.7. The molecule has 95 heavy (non-hydrogen) atoms. The van der Waals surface area contributed by atoms with E-state index in [1.807, 2.05) is 0 Å². The third-order valence-corrected chi connectivity index (χ3v) is 13.8. The number of nitrogens with zero attached hydrogens (tertiary/aromatic N) is 8. The highest BCUT2D eigenvalue weighted by molar-refractivity contribution is 5.93. The molecule has 488 valence electrons. The fraction of sp³-hybridized carbons (Fsp3) is 0.200. The van der Waals surface area contributed by atoms with Crippen LogP contribution in [0.1, 0.15) is 82.9 Å². The van der Waals surface area contributed by atoms with E-state index in [1.165, 1.54) is 6.07 Å². The molecular weight excluding hydrogens is 1260 g/mol. The molecule has 2 aliphatic rings. The summed E-state index contributed by atoms with van der Waals surface area (Å²) in [4.78, 5) is 115. The Balaban J connectivity index is 1.18. The van der Waals surface area contributed by atoms with E-state index in [4.69, 9.17) is 52.1 Å². The van der Waals surface area contributed by atoms with Crippen LogP contribution in [0, 0.1) is 41.7 Å². The standard InChI is InChI=1S/C60H46N8O27/c69-51(35-9-1-17-61(77)25-35)85-33-43-45(89-53(71)37-11-3-19-63(79)27-37)47(90-54(72)38-12-4-20-64(80)28-38)49(92-56(74)40-14-6-22-66(82)30-40)59(87-43)94-46-44(34-86-52(70)36-10-2-18-62(78)26-36)88-60(95-58(76)42-16-8-24-68(84)32-42)50(93-57(75)41-15-7-23-67(83)31-41)48(46)91-55(73)39-13-5-21-65(81)29-39/h1-32,43-50,59-60H,33-34H2/t43-,44-,45-,46-,47+,48+,49-,50-,59+,60+/m1/s1. The lowest BCUT2D eigenvalue weighted by molar-refractivity contribution is -0.605. The van der Waals surface area contributed by atoms with Crippen LogP contribution in [0.2, 0.25) is 0 Å². The molecule has 0 unspecified atom stereocenters. The zero-order chi connectivity index (χ0) is 67.4. The molecule has 10 atom stereocenters. The van der Waals surface area contributed by atoms with Crippen LogP contribution in [-0.4, -0.2) is 122 Å². The maximum atomic E-state index is 14.7. The van der Waals surface area contributed by atoms with Crippen molar-refractivity contribution in [1.29, 1.82) is 0 Å². The van der Waals surface area contributed by atoms with E-state index >= 15 is 0 Å². The van der Waals surface area contributed by atoms with Crippen LogP contribution >= 0.6 is 0 Å². The van der Waals surface area contributed by atoms with E-state index in [2.05, 4.69) is 0 Å². The molecule has 0 spiro atoms. The minimum atomic E-state index is -2.59. The second kappa shape index (κ2) is 29.0. The Bertz CT molecular complexity index is 4220. The van der Waals surface area contributed by atoms with Gasteiger partial charge in [0.1, 0.15) is 76.0 Å². The molecule has 0 aliphatic carbocycles. The zero-order valence-corrected chi connectivity index (χ0v) is 48.3. The monoisotopic (exact) mass is 1310 g/mol. The van der Waals surface area contributed by atoms with Gasteiger partial charge in [-0.15, -0.1) is 0 Å². The molecule has 2 fully saturated rings. The summed E-state index contributed by atoms with van der Waals surface area (Å²) >= 11 is 0. The number of rotatable bonds is 20. The molecule has 8 aromatic rings. The maximum Gasteiger partial charge on any atom is 0.346 e. The Kier molecular flexibility index (Phi) is 19.9. The Morgan fingerprint density at radius 3 is 0.800 bits per heavy atom. The predicted molar refractivity (Wildman–Crippen MR) is 297 cm³/mol. The van der Waals surface area contributed by atoms with Crippen LogP contribution in [0.15, 0.2) is 196 Å². The van der Waals surface area contributed by atoms with Crippen LogP contribution in [0.4, 0.5) is 0 Å². The number of carbonyl (C=O) groups excluding carboxylic acids is 8. The van der Waals surface area contributed by atoms with Crippen LogP contribution in [0.5, 0.6) is 0 Å². The quantitative estimate of drug-likeness (QED) is 0.0366. The second-order valence-electron chi connectivity index (χ2n) is 20.3. The van der Waals surface area contributed by atoms with Crippen molar-refractivity contribution in [1.82, 2.24) is 0 Å².